The van der Waals surface area contributed by atoms with Crippen LogP contribution in [-0.4, -0.2) is 89.3 Å². The topological polar surface area (TPSA) is 163 Å². The summed E-state index contributed by atoms with van der Waals surface area (Å²) in [5.41, 5.74) is 13.6. The van der Waals surface area contributed by atoms with Crippen molar-refractivity contribution >= 4 is 35.9 Å². The molecule has 0 radical (unpaired) electrons. The zero-order valence-electron chi connectivity index (χ0n) is 26.6. The van der Waals surface area contributed by atoms with Gasteiger partial charge < -0.3 is 40.5 Å². The number of anilines is 1. The normalized spacial score (nSPS) is 13.2. The Morgan fingerprint density at radius 1 is 0.739 bits per heavy atom. The van der Waals surface area contributed by atoms with Crippen molar-refractivity contribution in [3.05, 3.63) is 70.8 Å². The zero-order chi connectivity index (χ0) is 32.5. The quantitative estimate of drug-likeness (QED) is 0.194. The second kappa shape index (κ2) is 16.5. The molecule has 3 aromatic carbocycles. The van der Waals surface area contributed by atoms with Gasteiger partial charge in [-0.05, 0) is 35.9 Å². The van der Waals surface area contributed by atoms with Crippen molar-refractivity contribution in [2.75, 3.05) is 67.0 Å². The maximum absolute atomic E-state index is 13.5. The predicted octanol–water partition coefficient (Wildman–Crippen LogP) is 3.14. The van der Waals surface area contributed by atoms with Gasteiger partial charge in [0, 0.05) is 56.1 Å². The van der Waals surface area contributed by atoms with Crippen LogP contribution in [0.25, 0.3) is 0 Å². The van der Waals surface area contributed by atoms with Gasteiger partial charge in [0.05, 0.1) is 41.1 Å². The van der Waals surface area contributed by atoms with Crippen LogP contribution in [0.4, 0.5) is 5.69 Å². The number of nitrogens with one attached hydrogen (secondary N) is 1. The first-order chi connectivity index (χ1) is 21.7. The van der Waals surface area contributed by atoms with Gasteiger partial charge in [-0.3, -0.25) is 19.4 Å². The molecule has 3 aromatic rings. The third kappa shape index (κ3) is 8.30. The van der Waals surface area contributed by atoms with Crippen molar-refractivity contribution in [3.63, 3.8) is 0 Å². The van der Waals surface area contributed by atoms with Gasteiger partial charge in [0.1, 0.15) is 0 Å². The minimum absolute atomic E-state index is 0. The third-order valence-electron chi connectivity index (χ3n) is 7.52. The molecule has 14 heteroatoms. The number of carbonyl (C=O) groups is 2. The molecule has 1 aliphatic heterocycles. The summed E-state index contributed by atoms with van der Waals surface area (Å²) in [4.78, 5) is 34.4. The number of amides is 2. The zero-order valence-corrected chi connectivity index (χ0v) is 27.4. The van der Waals surface area contributed by atoms with Gasteiger partial charge in [0.15, 0.2) is 29.0 Å². The SMILES string of the molecule is COc1cccc(C(=O)Nc2cc(C(=O)N=C(N)N)ccc2CN2CCN(Cc3ccc(OC)c(OC)c3OC)CC2)c1OC.Cl. The van der Waals surface area contributed by atoms with E-state index in [1.807, 2.05) is 12.1 Å². The van der Waals surface area contributed by atoms with E-state index in [1.165, 1.54) is 14.2 Å². The van der Waals surface area contributed by atoms with Crippen molar-refractivity contribution in [2.24, 2.45) is 16.5 Å². The number of methoxy groups -OCH3 is 5. The molecular weight excluding hydrogens is 616 g/mol. The van der Waals surface area contributed by atoms with Crippen molar-refractivity contribution in [1.82, 2.24) is 9.80 Å². The van der Waals surface area contributed by atoms with Crippen molar-refractivity contribution in [2.45, 2.75) is 13.1 Å². The highest BCUT2D eigenvalue weighted by Gasteiger charge is 2.23. The van der Waals surface area contributed by atoms with Crippen LogP contribution in [-0.2, 0) is 13.1 Å². The number of halogens is 1. The first-order valence-electron chi connectivity index (χ1n) is 14.2. The van der Waals surface area contributed by atoms with Crippen molar-refractivity contribution in [3.8, 4) is 28.7 Å². The summed E-state index contributed by atoms with van der Waals surface area (Å²) in [7, 11) is 7.78. The van der Waals surface area contributed by atoms with E-state index in [1.54, 1.807) is 57.7 Å². The van der Waals surface area contributed by atoms with E-state index in [-0.39, 0.29) is 29.5 Å². The van der Waals surface area contributed by atoms with Crippen LogP contribution in [0.1, 0.15) is 31.8 Å². The number of ether oxygens (including phenoxy) is 5. The Labute approximate surface area is 274 Å². The van der Waals surface area contributed by atoms with Crippen LogP contribution in [0.3, 0.4) is 0 Å². The maximum Gasteiger partial charge on any atom is 0.280 e. The number of aliphatic imine (C=N–C) groups is 1. The molecule has 2 amide bonds. The highest BCUT2D eigenvalue weighted by atomic mass is 35.5. The number of guanidine groups is 1. The van der Waals surface area contributed by atoms with E-state index in [0.29, 0.717) is 47.5 Å². The fourth-order valence-corrected chi connectivity index (χ4v) is 5.28. The van der Waals surface area contributed by atoms with E-state index in [2.05, 4.69) is 20.1 Å². The number of para-hydroxylation sites is 1. The van der Waals surface area contributed by atoms with E-state index < -0.39 is 11.8 Å². The Balaban J connectivity index is 0.00000576. The number of nitrogens with zero attached hydrogens (tertiary/aromatic N) is 3. The van der Waals surface area contributed by atoms with E-state index in [4.69, 9.17) is 35.2 Å². The second-order valence-corrected chi connectivity index (χ2v) is 10.3. The molecule has 1 saturated heterocycles. The molecular formula is C32H41ClN6O7. The number of hydrogen-bond donors (Lipinski definition) is 3. The minimum atomic E-state index is -0.616. The van der Waals surface area contributed by atoms with Crippen molar-refractivity contribution in [1.29, 1.82) is 0 Å². The predicted molar refractivity (Wildman–Crippen MR) is 178 cm³/mol. The molecule has 1 fully saturated rings. The fourth-order valence-electron chi connectivity index (χ4n) is 5.28. The summed E-state index contributed by atoms with van der Waals surface area (Å²) in [5.74, 6) is 1.17. The summed E-state index contributed by atoms with van der Waals surface area (Å²) < 4.78 is 27.4. The summed E-state index contributed by atoms with van der Waals surface area (Å²) in [6.07, 6.45) is 0. The molecule has 5 N–H and O–H groups in total. The van der Waals surface area contributed by atoms with Crippen LogP contribution < -0.4 is 40.5 Å². The number of carbonyl (C=O) groups excluding carboxylic acids is 2. The lowest BCUT2D eigenvalue weighted by Crippen LogP contribution is -2.45. The van der Waals surface area contributed by atoms with Crippen LogP contribution in [0.15, 0.2) is 53.5 Å². The summed E-state index contributed by atoms with van der Waals surface area (Å²) in [6.45, 7) is 4.39. The van der Waals surface area contributed by atoms with E-state index in [9.17, 15) is 9.59 Å². The molecule has 0 aromatic heterocycles. The maximum atomic E-state index is 13.5. The molecule has 1 heterocycles. The van der Waals surface area contributed by atoms with Gasteiger partial charge in [-0.2, -0.15) is 4.99 Å². The molecule has 0 atom stereocenters. The highest BCUT2D eigenvalue weighted by molar-refractivity contribution is 6.08. The molecule has 13 nitrogen and oxygen atoms in total. The Bertz CT molecular complexity index is 1560. The molecule has 1 aliphatic rings. The highest BCUT2D eigenvalue weighted by Crippen LogP contribution is 2.40. The largest absolute Gasteiger partial charge is 0.493 e. The van der Waals surface area contributed by atoms with Crippen LogP contribution in [0.5, 0.6) is 28.7 Å². The van der Waals surface area contributed by atoms with Gasteiger partial charge in [-0.1, -0.05) is 18.2 Å². The van der Waals surface area contributed by atoms with E-state index in [0.717, 1.165) is 37.3 Å². The molecule has 4 rings (SSSR count). The number of hydrogen-bond acceptors (Lipinski definition) is 9. The van der Waals surface area contributed by atoms with Gasteiger partial charge in [0.25, 0.3) is 11.8 Å². The van der Waals surface area contributed by atoms with Gasteiger partial charge in [-0.25, -0.2) is 0 Å². The lowest BCUT2D eigenvalue weighted by Gasteiger charge is -2.35. The first kappa shape index (κ1) is 35.8. The van der Waals surface area contributed by atoms with E-state index >= 15 is 0 Å². The van der Waals surface area contributed by atoms with Gasteiger partial charge >= 0.3 is 0 Å². The lowest BCUT2D eigenvalue weighted by molar-refractivity contribution is 0.0997. The number of nitrogens with two attached hydrogens (primary N) is 2. The van der Waals surface area contributed by atoms with Crippen LogP contribution in [0, 0.1) is 0 Å². The second-order valence-electron chi connectivity index (χ2n) is 10.3. The number of benzene rings is 3. The Kier molecular flexibility index (Phi) is 12.9. The Hall–Kier alpha value is -4.72. The lowest BCUT2D eigenvalue weighted by atomic mass is 10.1. The standard InChI is InChI=1S/C32H40N6O7.ClH/c1-41-25-8-6-7-23(28(25)44-4)31(40)35-24-17-20(30(39)36-32(33)34)9-10-21(24)18-37-13-15-38(16-14-37)19-22-11-12-26(42-2)29(45-5)27(22)43-3;/h6-12,17H,13-16,18-19H2,1-5H3,(H,35,40)(H4,33,34,36,39);1H. The van der Waals surface area contributed by atoms with Crippen LogP contribution >= 0.6 is 12.4 Å². The summed E-state index contributed by atoms with van der Waals surface area (Å²) >= 11 is 0. The average molecular weight is 657 g/mol. The molecule has 0 unspecified atom stereocenters. The average Bonchev–Trinajstić information content (AvgIpc) is 3.05. The molecule has 46 heavy (non-hydrogen) atoms. The number of piperazine rings is 1. The minimum Gasteiger partial charge on any atom is -0.493 e. The van der Waals surface area contributed by atoms with Crippen LogP contribution in [0.2, 0.25) is 0 Å². The number of rotatable bonds is 12. The molecule has 248 valence electrons. The Morgan fingerprint density at radius 3 is 1.87 bits per heavy atom. The molecule has 0 spiro atoms. The monoisotopic (exact) mass is 656 g/mol. The first-order valence-corrected chi connectivity index (χ1v) is 14.2. The van der Waals surface area contributed by atoms with Gasteiger partial charge in [0.2, 0.25) is 5.75 Å². The summed E-state index contributed by atoms with van der Waals surface area (Å²) in [5, 5.41) is 2.95. The third-order valence-corrected chi connectivity index (χ3v) is 7.52. The fraction of sp³-hybridized carbons (Fsp3) is 0.344. The summed E-state index contributed by atoms with van der Waals surface area (Å²) in [6, 6.07) is 13.9. The van der Waals surface area contributed by atoms with Crippen molar-refractivity contribution < 1.29 is 33.3 Å². The Morgan fingerprint density at radius 2 is 1.30 bits per heavy atom. The molecule has 0 saturated carbocycles. The van der Waals surface area contributed by atoms with Gasteiger partial charge in [-0.15, -0.1) is 12.4 Å². The molecule has 0 bridgehead atoms. The smallest absolute Gasteiger partial charge is 0.280 e. The molecule has 0 aliphatic carbocycles.